The highest BCUT2D eigenvalue weighted by Crippen LogP contribution is 2.19. The molecule has 0 aromatic heterocycles. The van der Waals surface area contributed by atoms with Crippen molar-refractivity contribution in [1.82, 2.24) is 5.32 Å². The summed E-state index contributed by atoms with van der Waals surface area (Å²) in [5, 5.41) is 6.18. The second kappa shape index (κ2) is 8.12. The first kappa shape index (κ1) is 15.9. The minimum atomic E-state index is 0.0351. The lowest BCUT2D eigenvalue weighted by atomic mass is 9.88. The van der Waals surface area contributed by atoms with Crippen LogP contribution < -0.4 is 10.6 Å². The molecule has 1 amide bonds. The lowest BCUT2D eigenvalue weighted by Gasteiger charge is -2.31. The lowest BCUT2D eigenvalue weighted by Crippen LogP contribution is -2.48. The number of carbonyl (C=O) groups excluding carboxylic acids is 1. The minimum absolute atomic E-state index is 0.0351. The van der Waals surface area contributed by atoms with Crippen LogP contribution in [-0.4, -0.2) is 39.3 Å². The van der Waals surface area contributed by atoms with E-state index in [1.807, 2.05) is 31.2 Å². The minimum Gasteiger partial charge on any atom is -0.382 e. The van der Waals surface area contributed by atoms with Crippen molar-refractivity contribution in [2.75, 3.05) is 38.7 Å². The molecule has 1 aliphatic rings. The first-order chi connectivity index (χ1) is 10.2. The third-order valence-electron chi connectivity index (χ3n) is 3.83. The first-order valence-electron chi connectivity index (χ1n) is 7.38. The van der Waals surface area contributed by atoms with Crippen LogP contribution in [0.25, 0.3) is 0 Å². The van der Waals surface area contributed by atoms with Crippen LogP contribution in [0.1, 0.15) is 12.5 Å². The monoisotopic (exact) mass is 292 g/mol. The fourth-order valence-electron chi connectivity index (χ4n) is 2.21. The molecule has 0 radical (unpaired) electrons. The summed E-state index contributed by atoms with van der Waals surface area (Å²) in [4.78, 5) is 12.2. The van der Waals surface area contributed by atoms with Gasteiger partial charge in [-0.15, -0.1) is 0 Å². The largest absolute Gasteiger partial charge is 0.382 e. The molecule has 0 aliphatic carbocycles. The highest BCUT2D eigenvalue weighted by Gasteiger charge is 2.28. The van der Waals surface area contributed by atoms with Crippen molar-refractivity contribution in [2.45, 2.75) is 13.5 Å². The van der Waals surface area contributed by atoms with E-state index >= 15 is 0 Å². The van der Waals surface area contributed by atoms with Crippen molar-refractivity contribution in [3.05, 3.63) is 29.8 Å². The van der Waals surface area contributed by atoms with Crippen LogP contribution in [-0.2, 0) is 20.9 Å². The van der Waals surface area contributed by atoms with E-state index in [-0.39, 0.29) is 11.8 Å². The maximum Gasteiger partial charge on any atom is 0.227 e. The van der Waals surface area contributed by atoms with Crippen molar-refractivity contribution in [2.24, 2.45) is 11.8 Å². The van der Waals surface area contributed by atoms with Crippen molar-refractivity contribution in [3.63, 3.8) is 0 Å². The van der Waals surface area contributed by atoms with Crippen LogP contribution in [0, 0.1) is 11.8 Å². The number of amides is 1. The van der Waals surface area contributed by atoms with Crippen molar-refractivity contribution < 1.29 is 14.3 Å². The van der Waals surface area contributed by atoms with Gasteiger partial charge in [0.2, 0.25) is 5.91 Å². The number of carbonyl (C=O) groups is 1. The molecule has 1 aromatic rings. The Kier molecular flexibility index (Phi) is 6.17. The number of hydrogen-bond acceptors (Lipinski definition) is 4. The molecule has 1 heterocycles. The summed E-state index contributed by atoms with van der Waals surface area (Å²) in [7, 11) is 1.65. The zero-order valence-electron chi connectivity index (χ0n) is 12.7. The van der Waals surface area contributed by atoms with E-state index in [4.69, 9.17) is 9.47 Å². The van der Waals surface area contributed by atoms with Gasteiger partial charge in [0.05, 0.1) is 19.8 Å². The third-order valence-corrected chi connectivity index (χ3v) is 3.83. The SMILES string of the molecule is COCCOCc1cccc(NC(=O)C(C)C2CNC2)c1. The molecule has 5 nitrogen and oxygen atoms in total. The molecule has 0 bridgehead atoms. The van der Waals surface area contributed by atoms with E-state index in [2.05, 4.69) is 10.6 Å². The van der Waals surface area contributed by atoms with E-state index in [0.717, 1.165) is 24.3 Å². The Balaban J connectivity index is 1.83. The molecule has 1 aromatic carbocycles. The predicted octanol–water partition coefficient (Wildman–Crippen LogP) is 1.64. The number of benzene rings is 1. The van der Waals surface area contributed by atoms with E-state index < -0.39 is 0 Å². The second-order valence-electron chi connectivity index (χ2n) is 5.44. The molecule has 1 saturated heterocycles. The highest BCUT2D eigenvalue weighted by atomic mass is 16.5. The molecule has 116 valence electrons. The van der Waals surface area contributed by atoms with Gasteiger partial charge in [0.1, 0.15) is 0 Å². The fraction of sp³-hybridized carbons (Fsp3) is 0.562. The van der Waals surface area contributed by atoms with E-state index in [0.29, 0.717) is 25.7 Å². The topological polar surface area (TPSA) is 59.6 Å². The Morgan fingerprint density at radius 1 is 1.43 bits per heavy atom. The van der Waals surface area contributed by atoms with Crippen molar-refractivity contribution >= 4 is 11.6 Å². The molecule has 0 spiro atoms. The summed E-state index contributed by atoms with van der Waals surface area (Å²) in [6.45, 7) is 5.53. The van der Waals surface area contributed by atoms with E-state index in [1.54, 1.807) is 7.11 Å². The molecule has 0 saturated carbocycles. The third kappa shape index (κ3) is 4.81. The Morgan fingerprint density at radius 3 is 2.90 bits per heavy atom. The number of ether oxygens (including phenoxy) is 2. The van der Waals surface area contributed by atoms with Gasteiger partial charge >= 0.3 is 0 Å². The van der Waals surface area contributed by atoms with Crippen LogP contribution in [0.5, 0.6) is 0 Å². The molecular formula is C16H24N2O3. The second-order valence-corrected chi connectivity index (χ2v) is 5.44. The van der Waals surface area contributed by atoms with Crippen LogP contribution in [0.4, 0.5) is 5.69 Å². The number of rotatable bonds is 8. The molecule has 21 heavy (non-hydrogen) atoms. The smallest absolute Gasteiger partial charge is 0.227 e. The van der Waals surface area contributed by atoms with Crippen LogP contribution >= 0.6 is 0 Å². The van der Waals surface area contributed by atoms with E-state index in [9.17, 15) is 4.79 Å². The fourth-order valence-corrected chi connectivity index (χ4v) is 2.21. The zero-order valence-corrected chi connectivity index (χ0v) is 12.7. The number of hydrogen-bond donors (Lipinski definition) is 2. The molecule has 5 heteroatoms. The molecule has 2 N–H and O–H groups in total. The molecular weight excluding hydrogens is 268 g/mol. The molecule has 2 rings (SSSR count). The lowest BCUT2D eigenvalue weighted by molar-refractivity contribution is -0.121. The molecule has 1 atom stereocenters. The number of anilines is 1. The standard InChI is InChI=1S/C16H24N2O3/c1-12(14-9-17-10-14)16(19)18-15-5-3-4-13(8-15)11-21-7-6-20-2/h3-5,8,12,14,17H,6-7,9-11H2,1-2H3,(H,18,19). The average molecular weight is 292 g/mol. The summed E-state index contributed by atoms with van der Waals surface area (Å²) >= 11 is 0. The number of nitrogens with one attached hydrogen (secondary N) is 2. The first-order valence-corrected chi connectivity index (χ1v) is 7.38. The molecule has 1 aliphatic heterocycles. The summed E-state index contributed by atoms with van der Waals surface area (Å²) in [6.07, 6.45) is 0. The van der Waals surface area contributed by atoms with Crippen LogP contribution in [0.3, 0.4) is 0 Å². The quantitative estimate of drug-likeness (QED) is 0.715. The van der Waals surface area contributed by atoms with Gasteiger partial charge in [-0.25, -0.2) is 0 Å². The van der Waals surface area contributed by atoms with Gasteiger partial charge in [-0.1, -0.05) is 19.1 Å². The maximum absolute atomic E-state index is 12.2. The van der Waals surface area contributed by atoms with Gasteiger partial charge in [0.25, 0.3) is 0 Å². The van der Waals surface area contributed by atoms with Gasteiger partial charge < -0.3 is 20.1 Å². The normalized spacial score (nSPS) is 16.3. The van der Waals surface area contributed by atoms with E-state index in [1.165, 1.54) is 0 Å². The van der Waals surface area contributed by atoms with Gasteiger partial charge in [-0.2, -0.15) is 0 Å². The summed E-state index contributed by atoms with van der Waals surface area (Å²) in [6, 6.07) is 7.78. The van der Waals surface area contributed by atoms with Gasteiger partial charge in [-0.3, -0.25) is 4.79 Å². The summed E-state index contributed by atoms with van der Waals surface area (Å²) in [5.74, 6) is 0.567. The van der Waals surface area contributed by atoms with Crippen LogP contribution in [0.15, 0.2) is 24.3 Å². The molecule has 1 fully saturated rings. The maximum atomic E-state index is 12.2. The zero-order chi connectivity index (χ0) is 15.1. The molecule has 1 unspecified atom stereocenters. The highest BCUT2D eigenvalue weighted by molar-refractivity contribution is 5.92. The van der Waals surface area contributed by atoms with Crippen molar-refractivity contribution in [3.8, 4) is 0 Å². The van der Waals surface area contributed by atoms with Gasteiger partial charge in [0.15, 0.2) is 0 Å². The Hall–Kier alpha value is -1.43. The van der Waals surface area contributed by atoms with Crippen molar-refractivity contribution in [1.29, 1.82) is 0 Å². The van der Waals surface area contributed by atoms with Crippen LogP contribution in [0.2, 0.25) is 0 Å². The Bertz CT molecular complexity index is 461. The number of methoxy groups -OCH3 is 1. The summed E-state index contributed by atoms with van der Waals surface area (Å²) < 4.78 is 10.4. The predicted molar refractivity (Wildman–Crippen MR) is 82.1 cm³/mol. The Labute approximate surface area is 126 Å². The average Bonchev–Trinajstić information content (AvgIpc) is 2.42. The van der Waals surface area contributed by atoms with Gasteiger partial charge in [0, 0.05) is 18.7 Å². The van der Waals surface area contributed by atoms with Gasteiger partial charge in [-0.05, 0) is 36.7 Å². The summed E-state index contributed by atoms with van der Waals surface area (Å²) in [5.41, 5.74) is 1.87. The Morgan fingerprint density at radius 2 is 2.24 bits per heavy atom.